The molecule has 0 atom stereocenters. The van der Waals surface area contributed by atoms with Gasteiger partial charge < -0.3 is 4.98 Å². The van der Waals surface area contributed by atoms with Gasteiger partial charge in [-0.25, -0.2) is 0 Å². The smallest absolute Gasteiger partial charge is 0.182 e. The highest BCUT2D eigenvalue weighted by Gasteiger charge is 2.09. The SMILES string of the molecule is S=c1[nH]c2ccccc2n1-c1ccc(Cl)cc1Cl. The van der Waals surface area contributed by atoms with Crippen LogP contribution in [0.1, 0.15) is 0 Å². The molecule has 0 unspecified atom stereocenters. The molecule has 0 aliphatic rings. The van der Waals surface area contributed by atoms with Gasteiger partial charge in [0.1, 0.15) is 0 Å². The van der Waals surface area contributed by atoms with Crippen LogP contribution in [0.25, 0.3) is 16.7 Å². The van der Waals surface area contributed by atoms with E-state index in [1.54, 1.807) is 12.1 Å². The predicted molar refractivity (Wildman–Crippen MR) is 78.5 cm³/mol. The summed E-state index contributed by atoms with van der Waals surface area (Å²) in [5.74, 6) is 0. The van der Waals surface area contributed by atoms with Crippen molar-refractivity contribution in [3.8, 4) is 5.69 Å². The van der Waals surface area contributed by atoms with Gasteiger partial charge in [-0.3, -0.25) is 4.57 Å². The number of rotatable bonds is 1. The highest BCUT2D eigenvalue weighted by molar-refractivity contribution is 7.71. The van der Waals surface area contributed by atoms with Gasteiger partial charge >= 0.3 is 0 Å². The van der Waals surface area contributed by atoms with E-state index in [9.17, 15) is 0 Å². The van der Waals surface area contributed by atoms with Gasteiger partial charge in [0.25, 0.3) is 0 Å². The Kier molecular flexibility index (Phi) is 2.90. The lowest BCUT2D eigenvalue weighted by molar-refractivity contribution is 1.07. The van der Waals surface area contributed by atoms with Gasteiger partial charge in [-0.1, -0.05) is 35.3 Å². The molecule has 0 fully saturated rings. The van der Waals surface area contributed by atoms with Crippen molar-refractivity contribution in [2.45, 2.75) is 0 Å². The lowest BCUT2D eigenvalue weighted by Crippen LogP contribution is -1.94. The Hall–Kier alpha value is -1.29. The quantitative estimate of drug-likeness (QED) is 0.627. The van der Waals surface area contributed by atoms with E-state index in [-0.39, 0.29) is 0 Å². The standard InChI is InChI=1S/C13H8Cl2N2S/c14-8-5-6-11(9(15)7-8)17-12-4-2-1-3-10(12)16-13(17)18/h1-7H,(H,16,18). The number of benzene rings is 2. The van der Waals surface area contributed by atoms with Crippen molar-refractivity contribution >= 4 is 46.5 Å². The fourth-order valence-electron chi connectivity index (χ4n) is 1.96. The Morgan fingerprint density at radius 1 is 1.06 bits per heavy atom. The molecule has 5 heteroatoms. The minimum atomic E-state index is 0.573. The number of fused-ring (bicyclic) bond motifs is 1. The molecular formula is C13H8Cl2N2S. The van der Waals surface area contributed by atoms with Gasteiger partial charge in [0.05, 0.1) is 21.7 Å². The summed E-state index contributed by atoms with van der Waals surface area (Å²) in [6.07, 6.45) is 0. The summed E-state index contributed by atoms with van der Waals surface area (Å²) >= 11 is 17.5. The molecule has 0 radical (unpaired) electrons. The molecule has 0 amide bonds. The van der Waals surface area contributed by atoms with Crippen molar-refractivity contribution in [3.05, 3.63) is 57.3 Å². The zero-order chi connectivity index (χ0) is 12.7. The first-order valence-electron chi connectivity index (χ1n) is 5.32. The van der Waals surface area contributed by atoms with Crippen molar-refractivity contribution in [2.75, 3.05) is 0 Å². The maximum Gasteiger partial charge on any atom is 0.182 e. The molecule has 1 N–H and O–H groups in total. The van der Waals surface area contributed by atoms with Crippen molar-refractivity contribution in [2.24, 2.45) is 0 Å². The lowest BCUT2D eigenvalue weighted by Gasteiger charge is -2.07. The summed E-state index contributed by atoms with van der Waals surface area (Å²) in [5, 5.41) is 1.18. The summed E-state index contributed by atoms with van der Waals surface area (Å²) < 4.78 is 2.52. The van der Waals surface area contributed by atoms with Crippen LogP contribution in [0.3, 0.4) is 0 Å². The van der Waals surface area contributed by atoms with Crippen molar-refractivity contribution in [3.63, 3.8) is 0 Å². The molecule has 1 heterocycles. The number of imidazole rings is 1. The first-order chi connectivity index (χ1) is 8.66. The van der Waals surface area contributed by atoms with E-state index in [4.69, 9.17) is 35.4 Å². The van der Waals surface area contributed by atoms with E-state index in [1.807, 2.05) is 34.9 Å². The van der Waals surface area contributed by atoms with Crippen LogP contribution < -0.4 is 0 Å². The van der Waals surface area contributed by atoms with Crippen LogP contribution in [-0.2, 0) is 0 Å². The average molecular weight is 295 g/mol. The summed E-state index contributed by atoms with van der Waals surface area (Å²) in [5.41, 5.74) is 2.80. The van der Waals surface area contributed by atoms with E-state index in [0.717, 1.165) is 16.7 Å². The molecule has 18 heavy (non-hydrogen) atoms. The number of H-pyrrole nitrogens is 1. The minimum Gasteiger partial charge on any atom is -0.330 e. The molecule has 0 spiro atoms. The van der Waals surface area contributed by atoms with Gasteiger partial charge in [-0.15, -0.1) is 0 Å². The largest absolute Gasteiger partial charge is 0.330 e. The maximum atomic E-state index is 6.23. The highest BCUT2D eigenvalue weighted by atomic mass is 35.5. The fourth-order valence-corrected chi connectivity index (χ4v) is 2.76. The minimum absolute atomic E-state index is 0.573. The van der Waals surface area contributed by atoms with Crippen LogP contribution in [0.5, 0.6) is 0 Å². The van der Waals surface area contributed by atoms with Crippen molar-refractivity contribution in [1.29, 1.82) is 0 Å². The van der Waals surface area contributed by atoms with E-state index >= 15 is 0 Å². The number of aromatic amines is 1. The van der Waals surface area contributed by atoms with E-state index in [1.165, 1.54) is 0 Å². The molecule has 0 aliphatic carbocycles. The highest BCUT2D eigenvalue weighted by Crippen LogP contribution is 2.27. The molecular weight excluding hydrogens is 287 g/mol. The Morgan fingerprint density at radius 2 is 1.83 bits per heavy atom. The van der Waals surface area contributed by atoms with Crippen LogP contribution in [0.15, 0.2) is 42.5 Å². The number of para-hydroxylation sites is 2. The van der Waals surface area contributed by atoms with Crippen molar-refractivity contribution < 1.29 is 0 Å². The summed E-state index contributed by atoms with van der Waals surface area (Å²) in [6.45, 7) is 0. The van der Waals surface area contributed by atoms with Gasteiger partial charge in [0.2, 0.25) is 0 Å². The predicted octanol–water partition coefficient (Wildman–Crippen LogP) is 4.99. The Balaban J connectivity index is 2.38. The molecule has 0 saturated carbocycles. The molecule has 0 saturated heterocycles. The van der Waals surface area contributed by atoms with Gasteiger partial charge in [0, 0.05) is 5.02 Å². The third-order valence-corrected chi connectivity index (χ3v) is 3.56. The Bertz CT molecular complexity index is 789. The van der Waals surface area contributed by atoms with E-state index < -0.39 is 0 Å². The second-order valence-corrected chi connectivity index (χ2v) is 5.11. The molecule has 3 aromatic rings. The lowest BCUT2D eigenvalue weighted by atomic mass is 10.3. The van der Waals surface area contributed by atoms with Crippen LogP contribution in [-0.4, -0.2) is 9.55 Å². The molecule has 1 aromatic heterocycles. The first-order valence-corrected chi connectivity index (χ1v) is 6.48. The fraction of sp³-hybridized carbons (Fsp3) is 0. The second kappa shape index (κ2) is 4.43. The number of halogens is 2. The molecule has 2 aromatic carbocycles. The van der Waals surface area contributed by atoms with Gasteiger partial charge in [0.15, 0.2) is 4.77 Å². The van der Waals surface area contributed by atoms with E-state index in [0.29, 0.717) is 14.8 Å². The Morgan fingerprint density at radius 3 is 2.61 bits per heavy atom. The zero-order valence-corrected chi connectivity index (χ0v) is 11.5. The van der Waals surface area contributed by atoms with E-state index in [2.05, 4.69) is 4.98 Å². The second-order valence-electron chi connectivity index (χ2n) is 3.88. The monoisotopic (exact) mass is 294 g/mol. The van der Waals surface area contributed by atoms with Crippen molar-refractivity contribution in [1.82, 2.24) is 9.55 Å². The van der Waals surface area contributed by atoms with Crippen LogP contribution in [0.4, 0.5) is 0 Å². The normalized spacial score (nSPS) is 11.0. The zero-order valence-electron chi connectivity index (χ0n) is 9.15. The van der Waals surface area contributed by atoms with Crippen LogP contribution >= 0.6 is 35.4 Å². The van der Waals surface area contributed by atoms with Crippen LogP contribution in [0, 0.1) is 4.77 Å². The topological polar surface area (TPSA) is 20.7 Å². The molecule has 90 valence electrons. The van der Waals surface area contributed by atoms with Gasteiger partial charge in [-0.2, -0.15) is 0 Å². The van der Waals surface area contributed by atoms with Gasteiger partial charge in [-0.05, 0) is 42.5 Å². The summed E-state index contributed by atoms with van der Waals surface area (Å²) in [6, 6.07) is 13.3. The third-order valence-electron chi connectivity index (χ3n) is 2.74. The molecule has 0 aliphatic heterocycles. The summed E-state index contributed by atoms with van der Waals surface area (Å²) in [7, 11) is 0. The first kappa shape index (κ1) is 11.8. The maximum absolute atomic E-state index is 6.23. The molecule has 2 nitrogen and oxygen atoms in total. The van der Waals surface area contributed by atoms with Crippen LogP contribution in [0.2, 0.25) is 10.0 Å². The average Bonchev–Trinajstić information content (AvgIpc) is 2.66. The third kappa shape index (κ3) is 1.85. The number of hydrogen-bond acceptors (Lipinski definition) is 1. The summed E-state index contributed by atoms with van der Waals surface area (Å²) in [4.78, 5) is 3.15. The molecule has 0 bridgehead atoms. The Labute approximate surface area is 119 Å². The number of hydrogen-bond donors (Lipinski definition) is 1. The number of nitrogens with one attached hydrogen (secondary N) is 1. The number of aromatic nitrogens is 2. The number of nitrogens with zero attached hydrogens (tertiary/aromatic N) is 1. The molecule has 3 rings (SSSR count).